The number of halogens is 2. The first-order valence-corrected chi connectivity index (χ1v) is 6.64. The van der Waals surface area contributed by atoms with E-state index in [-0.39, 0.29) is 5.91 Å². The number of rotatable bonds is 2. The van der Waals surface area contributed by atoms with Gasteiger partial charge in [-0.05, 0) is 33.7 Å². The molecule has 1 amide bonds. The van der Waals surface area contributed by atoms with Crippen LogP contribution in [0.25, 0.3) is 0 Å². The Morgan fingerprint density at radius 1 is 1.69 bits per heavy atom. The largest absolute Gasteiger partial charge is 0.309 e. The normalized spacial score (nSPS) is 20.6. The second-order valence-electron chi connectivity index (χ2n) is 3.72. The molecule has 0 radical (unpaired) electrons. The lowest BCUT2D eigenvalue weighted by molar-refractivity contribution is -0.117. The molecule has 1 fully saturated rings. The predicted octanol–water partition coefficient (Wildman–Crippen LogP) is 2.78. The Labute approximate surface area is 113 Å². The summed E-state index contributed by atoms with van der Waals surface area (Å²) in [5.41, 5.74) is 0.738. The van der Waals surface area contributed by atoms with Crippen molar-refractivity contribution in [2.45, 2.75) is 6.42 Å². The monoisotopic (exact) mass is 320 g/mol. The Morgan fingerprint density at radius 2 is 2.44 bits per heavy atom. The molecular weight excluding hydrogens is 312 g/mol. The lowest BCUT2D eigenvalue weighted by atomic mass is 10.1. The lowest BCUT2D eigenvalue weighted by Gasteiger charge is -2.17. The molecule has 1 unspecified atom stereocenters. The van der Waals surface area contributed by atoms with E-state index in [0.29, 0.717) is 34.3 Å². The molecule has 0 aliphatic carbocycles. The van der Waals surface area contributed by atoms with Crippen molar-refractivity contribution in [3.05, 3.63) is 21.9 Å². The van der Waals surface area contributed by atoms with E-state index in [2.05, 4.69) is 33.5 Å². The number of hydrogen-bond donors (Lipinski definition) is 1. The van der Waals surface area contributed by atoms with Crippen LogP contribution in [0.3, 0.4) is 0 Å². The fraction of sp³-hybridized carbons (Fsp3) is 0.400. The van der Waals surface area contributed by atoms with Gasteiger partial charge in [-0.1, -0.05) is 11.6 Å². The maximum Gasteiger partial charge on any atom is 0.227 e. The van der Waals surface area contributed by atoms with Crippen LogP contribution in [0, 0.1) is 5.92 Å². The number of carbonyl (C=O) groups excluding carboxylic acids is 1. The highest BCUT2D eigenvalue weighted by molar-refractivity contribution is 9.10. The summed E-state index contributed by atoms with van der Waals surface area (Å²) < 4.78 is 0.644. The highest BCUT2D eigenvalue weighted by Gasteiger charge is 2.31. The van der Waals surface area contributed by atoms with E-state index >= 15 is 0 Å². The van der Waals surface area contributed by atoms with Crippen molar-refractivity contribution in [3.63, 3.8) is 0 Å². The number of aromatic nitrogens is 1. The summed E-state index contributed by atoms with van der Waals surface area (Å²) >= 11 is 13.4. The molecule has 1 aromatic heterocycles. The van der Waals surface area contributed by atoms with E-state index < -0.39 is 0 Å². The van der Waals surface area contributed by atoms with Crippen molar-refractivity contribution in [2.24, 2.45) is 5.92 Å². The molecule has 0 aromatic carbocycles. The van der Waals surface area contributed by atoms with Gasteiger partial charge in [0.25, 0.3) is 0 Å². The van der Waals surface area contributed by atoms with Gasteiger partial charge in [-0.15, -0.1) is 0 Å². The minimum absolute atomic E-state index is 0.101. The van der Waals surface area contributed by atoms with Crippen molar-refractivity contribution in [2.75, 3.05) is 17.2 Å². The quantitative estimate of drug-likeness (QED) is 0.671. The third-order valence-electron chi connectivity index (χ3n) is 2.54. The molecule has 1 atom stereocenters. The van der Waals surface area contributed by atoms with Crippen LogP contribution in [0.1, 0.15) is 6.42 Å². The summed E-state index contributed by atoms with van der Waals surface area (Å²) in [6, 6.07) is 1.75. The van der Waals surface area contributed by atoms with E-state index in [9.17, 15) is 4.79 Å². The third-order valence-corrected chi connectivity index (χ3v) is 3.88. The van der Waals surface area contributed by atoms with E-state index in [4.69, 9.17) is 11.6 Å². The molecule has 0 bridgehead atoms. The van der Waals surface area contributed by atoms with Crippen LogP contribution < -0.4 is 4.90 Å². The molecule has 1 aromatic rings. The lowest BCUT2D eigenvalue weighted by Crippen LogP contribution is -2.25. The molecule has 0 spiro atoms. The number of anilines is 1. The summed E-state index contributed by atoms with van der Waals surface area (Å²) in [7, 11) is 0. The van der Waals surface area contributed by atoms with Gasteiger partial charge in [0.2, 0.25) is 5.91 Å². The van der Waals surface area contributed by atoms with Crippen molar-refractivity contribution < 1.29 is 4.79 Å². The Balaban J connectivity index is 2.30. The summed E-state index contributed by atoms with van der Waals surface area (Å²) in [4.78, 5) is 17.6. The van der Waals surface area contributed by atoms with Crippen LogP contribution in [-0.4, -0.2) is 23.2 Å². The molecule has 0 N–H and O–H groups in total. The van der Waals surface area contributed by atoms with Gasteiger partial charge < -0.3 is 4.90 Å². The van der Waals surface area contributed by atoms with Crippen molar-refractivity contribution in [1.29, 1.82) is 0 Å². The van der Waals surface area contributed by atoms with E-state index in [0.717, 1.165) is 5.69 Å². The minimum Gasteiger partial charge on any atom is -0.309 e. The number of nitrogens with zero attached hydrogens (tertiary/aromatic N) is 2. The zero-order valence-electron chi connectivity index (χ0n) is 8.36. The number of pyridine rings is 1. The Kier molecular flexibility index (Phi) is 3.77. The topological polar surface area (TPSA) is 33.2 Å². The molecule has 86 valence electrons. The highest BCUT2D eigenvalue weighted by atomic mass is 79.9. The Morgan fingerprint density at radius 3 is 3.06 bits per heavy atom. The van der Waals surface area contributed by atoms with Gasteiger partial charge in [-0.3, -0.25) is 4.79 Å². The first-order chi connectivity index (χ1) is 7.61. The average Bonchev–Trinajstić information content (AvgIpc) is 2.63. The maximum atomic E-state index is 11.8. The van der Waals surface area contributed by atoms with Gasteiger partial charge in [0.05, 0.1) is 10.7 Å². The molecule has 2 rings (SSSR count). The van der Waals surface area contributed by atoms with Gasteiger partial charge >= 0.3 is 0 Å². The Hall–Kier alpha value is -0.260. The second-order valence-corrected chi connectivity index (χ2v) is 5.27. The molecular formula is C10H10BrClN2OS. The highest BCUT2D eigenvalue weighted by Crippen LogP contribution is 2.32. The summed E-state index contributed by atoms with van der Waals surface area (Å²) in [6.45, 7) is 0.683. The zero-order chi connectivity index (χ0) is 11.7. The first-order valence-electron chi connectivity index (χ1n) is 4.84. The van der Waals surface area contributed by atoms with Crippen LogP contribution in [0.4, 0.5) is 5.69 Å². The van der Waals surface area contributed by atoms with Gasteiger partial charge in [-0.2, -0.15) is 12.6 Å². The van der Waals surface area contributed by atoms with Crippen molar-refractivity contribution >= 4 is 51.8 Å². The van der Waals surface area contributed by atoms with Crippen molar-refractivity contribution in [3.8, 4) is 0 Å². The zero-order valence-corrected chi connectivity index (χ0v) is 11.6. The molecule has 1 aliphatic heterocycles. The summed E-state index contributed by atoms with van der Waals surface area (Å²) in [6.07, 6.45) is 2.09. The molecule has 0 saturated carbocycles. The minimum atomic E-state index is 0.101. The number of carbonyl (C=O) groups is 1. The smallest absolute Gasteiger partial charge is 0.227 e. The first kappa shape index (κ1) is 12.2. The molecule has 1 saturated heterocycles. The molecule has 2 heterocycles. The van der Waals surface area contributed by atoms with Crippen LogP contribution in [0.2, 0.25) is 5.02 Å². The van der Waals surface area contributed by atoms with Crippen LogP contribution >= 0.6 is 40.2 Å². The maximum absolute atomic E-state index is 11.8. The Bertz CT molecular complexity index is 429. The fourth-order valence-electron chi connectivity index (χ4n) is 1.74. The van der Waals surface area contributed by atoms with Gasteiger partial charge in [0.1, 0.15) is 4.60 Å². The summed E-state index contributed by atoms with van der Waals surface area (Å²) in [5.74, 6) is 1.12. The molecule has 6 heteroatoms. The SMILES string of the molecule is O=C1CC(CS)CN1c1cc(Cl)cnc1Br. The molecule has 1 aliphatic rings. The van der Waals surface area contributed by atoms with Gasteiger partial charge in [0.15, 0.2) is 0 Å². The molecule has 16 heavy (non-hydrogen) atoms. The fourth-order valence-corrected chi connectivity index (χ4v) is 2.57. The second kappa shape index (κ2) is 4.94. The number of thiol groups is 1. The van der Waals surface area contributed by atoms with E-state index in [1.807, 2.05) is 0 Å². The average molecular weight is 322 g/mol. The number of hydrogen-bond acceptors (Lipinski definition) is 3. The van der Waals surface area contributed by atoms with Gasteiger partial charge in [-0.25, -0.2) is 4.98 Å². The summed E-state index contributed by atoms with van der Waals surface area (Å²) in [5, 5.41) is 0.528. The molecule has 3 nitrogen and oxygen atoms in total. The van der Waals surface area contributed by atoms with Crippen molar-refractivity contribution in [1.82, 2.24) is 4.98 Å². The van der Waals surface area contributed by atoms with Gasteiger partial charge in [0, 0.05) is 19.2 Å². The number of amides is 1. The van der Waals surface area contributed by atoms with E-state index in [1.165, 1.54) is 0 Å². The van der Waals surface area contributed by atoms with E-state index in [1.54, 1.807) is 17.2 Å². The van der Waals surface area contributed by atoms with Crippen LogP contribution in [0.15, 0.2) is 16.9 Å². The standard InChI is InChI=1S/C10H10BrClN2OS/c11-10-8(2-7(12)3-13-10)14-4-6(5-16)1-9(14)15/h2-3,6,16H,1,4-5H2. The van der Waals surface area contributed by atoms with Crippen LogP contribution in [0.5, 0.6) is 0 Å². The third kappa shape index (κ3) is 2.36. The predicted molar refractivity (Wildman–Crippen MR) is 71.3 cm³/mol. The van der Waals surface area contributed by atoms with Crippen LogP contribution in [-0.2, 0) is 4.79 Å².